The van der Waals surface area contributed by atoms with E-state index >= 15 is 0 Å². The highest BCUT2D eigenvalue weighted by Gasteiger charge is 2.42. The minimum Gasteiger partial charge on any atom is -0.462 e. The molecule has 0 spiro atoms. The molecule has 0 amide bonds. The molecule has 26 heavy (non-hydrogen) atoms. The van der Waals surface area contributed by atoms with Gasteiger partial charge in [-0.1, -0.05) is 6.07 Å². The van der Waals surface area contributed by atoms with E-state index < -0.39 is 23.6 Å². The summed E-state index contributed by atoms with van der Waals surface area (Å²) in [6, 6.07) is 6.77. The van der Waals surface area contributed by atoms with Gasteiger partial charge in [0.1, 0.15) is 5.56 Å². The number of carbonyl (C=O) groups excluding carboxylic acids is 2. The van der Waals surface area contributed by atoms with Crippen LogP contribution in [0.2, 0.25) is 0 Å². The van der Waals surface area contributed by atoms with Crippen LogP contribution in [-0.4, -0.2) is 28.1 Å². The predicted octanol–water partition coefficient (Wildman–Crippen LogP) is 2.21. The van der Waals surface area contributed by atoms with Crippen molar-refractivity contribution >= 4 is 11.9 Å². The topological polar surface area (TPSA) is 87.5 Å². The van der Waals surface area contributed by atoms with Crippen molar-refractivity contribution in [3.63, 3.8) is 0 Å². The van der Waals surface area contributed by atoms with E-state index in [1.165, 1.54) is 10.6 Å². The Labute approximate surface area is 149 Å². The first kappa shape index (κ1) is 16.5. The summed E-state index contributed by atoms with van der Waals surface area (Å²) in [4.78, 5) is 41.9. The first-order chi connectivity index (χ1) is 12.6. The molecule has 2 aliphatic heterocycles. The number of carbonyl (C=O) groups is 2. The molecule has 2 aromatic heterocycles. The summed E-state index contributed by atoms with van der Waals surface area (Å²) in [6.45, 7) is 2.29. The van der Waals surface area contributed by atoms with Gasteiger partial charge >= 0.3 is 11.9 Å². The molecule has 7 nitrogen and oxygen atoms in total. The molecule has 7 heteroatoms. The molecule has 0 fully saturated rings. The van der Waals surface area contributed by atoms with Gasteiger partial charge in [-0.05, 0) is 38.0 Å². The minimum atomic E-state index is -0.717. The Morgan fingerprint density at radius 3 is 2.96 bits per heavy atom. The molecule has 0 saturated carbocycles. The second-order valence-electron chi connectivity index (χ2n) is 6.36. The van der Waals surface area contributed by atoms with E-state index in [1.54, 1.807) is 19.2 Å². The van der Waals surface area contributed by atoms with Crippen molar-refractivity contribution in [2.45, 2.75) is 38.3 Å². The van der Waals surface area contributed by atoms with Crippen molar-refractivity contribution in [1.82, 2.24) is 9.55 Å². The van der Waals surface area contributed by atoms with Crippen LogP contribution in [0.3, 0.4) is 0 Å². The fourth-order valence-electron chi connectivity index (χ4n) is 3.79. The van der Waals surface area contributed by atoms with Gasteiger partial charge in [-0.25, -0.2) is 9.59 Å². The van der Waals surface area contributed by atoms with Crippen LogP contribution < -0.4 is 5.56 Å². The molecular formula is C19H18N2O5. The third-order valence-corrected chi connectivity index (χ3v) is 4.87. The summed E-state index contributed by atoms with van der Waals surface area (Å²) < 4.78 is 12.1. The van der Waals surface area contributed by atoms with E-state index in [0.717, 1.165) is 12.8 Å². The molecule has 2 aliphatic rings. The van der Waals surface area contributed by atoms with Crippen LogP contribution in [0, 0.1) is 0 Å². The van der Waals surface area contributed by atoms with Crippen LogP contribution in [0.4, 0.5) is 0 Å². The quantitative estimate of drug-likeness (QED) is 0.786. The van der Waals surface area contributed by atoms with Crippen LogP contribution >= 0.6 is 0 Å². The number of nitrogens with zero attached hydrogens (tertiary/aromatic N) is 2. The maximum atomic E-state index is 12.8. The molecule has 2 aromatic rings. The zero-order valence-corrected chi connectivity index (χ0v) is 14.3. The molecule has 0 N–H and O–H groups in total. The summed E-state index contributed by atoms with van der Waals surface area (Å²) in [5.74, 6) is -1.42. The summed E-state index contributed by atoms with van der Waals surface area (Å²) in [6.07, 6.45) is 2.65. The predicted molar refractivity (Wildman–Crippen MR) is 91.0 cm³/mol. The lowest BCUT2D eigenvalue weighted by Crippen LogP contribution is -2.40. The van der Waals surface area contributed by atoms with E-state index in [9.17, 15) is 14.4 Å². The van der Waals surface area contributed by atoms with E-state index in [1.807, 2.05) is 12.1 Å². The molecule has 2 atom stereocenters. The van der Waals surface area contributed by atoms with Gasteiger partial charge in [0.2, 0.25) is 0 Å². The first-order valence-electron chi connectivity index (χ1n) is 8.68. The van der Waals surface area contributed by atoms with Crippen molar-refractivity contribution in [2.75, 3.05) is 6.61 Å². The van der Waals surface area contributed by atoms with Crippen LogP contribution in [0.5, 0.6) is 0 Å². The molecule has 4 heterocycles. The molecule has 0 saturated heterocycles. The van der Waals surface area contributed by atoms with E-state index in [0.29, 0.717) is 17.9 Å². The second kappa shape index (κ2) is 6.40. The number of cyclic esters (lactones) is 1. The molecule has 0 radical (unpaired) electrons. The Hall–Kier alpha value is -2.96. The monoisotopic (exact) mass is 354 g/mol. The average Bonchev–Trinajstić information content (AvgIpc) is 2.66. The third kappa shape index (κ3) is 2.51. The number of hydrogen-bond donors (Lipinski definition) is 0. The molecule has 134 valence electrons. The summed E-state index contributed by atoms with van der Waals surface area (Å²) in [5.41, 5.74) is 1.03. The summed E-state index contributed by atoms with van der Waals surface area (Å²) in [5, 5.41) is 0. The molecule has 2 unspecified atom stereocenters. The highest BCUT2D eigenvalue weighted by atomic mass is 16.5. The average molecular weight is 354 g/mol. The Kier molecular flexibility index (Phi) is 4.06. The lowest BCUT2D eigenvalue weighted by Gasteiger charge is -2.37. The number of rotatable bonds is 3. The number of ether oxygens (including phenoxy) is 2. The van der Waals surface area contributed by atoms with Crippen molar-refractivity contribution in [2.24, 2.45) is 0 Å². The Balaban J connectivity index is 1.88. The number of aromatic nitrogens is 2. The van der Waals surface area contributed by atoms with Crippen molar-refractivity contribution < 1.29 is 19.1 Å². The normalized spacial score (nSPS) is 20.9. The fourth-order valence-corrected chi connectivity index (χ4v) is 3.79. The first-order valence-corrected chi connectivity index (χ1v) is 8.68. The lowest BCUT2D eigenvalue weighted by molar-refractivity contribution is 0.0106. The van der Waals surface area contributed by atoms with Gasteiger partial charge in [-0.3, -0.25) is 9.78 Å². The fraction of sp³-hybridized carbons (Fsp3) is 0.368. The largest absolute Gasteiger partial charge is 0.462 e. The SMILES string of the molecule is CCOC(=O)c1cc2c3n(c1=O)CCCC3C(c1ccccn1)OC2=O. The standard InChI is InChI=1S/C19H18N2O5/c1-2-25-18(23)13-10-12-15-11(6-5-9-21(15)17(13)22)16(26-19(12)24)14-7-3-4-8-20-14/h3-4,7-8,10-11,16H,2,5-6,9H2,1H3. The number of pyridine rings is 2. The van der Waals surface area contributed by atoms with E-state index in [4.69, 9.17) is 9.47 Å². The van der Waals surface area contributed by atoms with E-state index in [2.05, 4.69) is 4.98 Å². The zero-order chi connectivity index (χ0) is 18.3. The maximum Gasteiger partial charge on any atom is 0.343 e. The molecule has 0 bridgehead atoms. The lowest BCUT2D eigenvalue weighted by atomic mass is 9.83. The van der Waals surface area contributed by atoms with Gasteiger partial charge in [0.25, 0.3) is 5.56 Å². The van der Waals surface area contributed by atoms with E-state index in [-0.39, 0.29) is 23.7 Å². The Morgan fingerprint density at radius 1 is 1.38 bits per heavy atom. The van der Waals surface area contributed by atoms with Gasteiger partial charge in [-0.2, -0.15) is 0 Å². The Bertz CT molecular complexity index is 935. The molecular weight excluding hydrogens is 336 g/mol. The molecule has 0 aromatic carbocycles. The summed E-state index contributed by atoms with van der Waals surface area (Å²) >= 11 is 0. The highest BCUT2D eigenvalue weighted by molar-refractivity contribution is 5.96. The molecule has 4 rings (SSSR count). The maximum absolute atomic E-state index is 12.8. The summed E-state index contributed by atoms with van der Waals surface area (Å²) in [7, 11) is 0. The van der Waals surface area contributed by atoms with Gasteiger partial charge in [0.15, 0.2) is 6.10 Å². The minimum absolute atomic E-state index is 0.125. The van der Waals surface area contributed by atoms with Crippen molar-refractivity contribution in [1.29, 1.82) is 0 Å². The van der Waals surface area contributed by atoms with Crippen LogP contribution in [0.1, 0.15) is 63.9 Å². The van der Waals surface area contributed by atoms with Gasteiger partial charge < -0.3 is 14.0 Å². The zero-order valence-electron chi connectivity index (χ0n) is 14.3. The molecule has 0 aliphatic carbocycles. The third-order valence-electron chi connectivity index (χ3n) is 4.87. The number of hydrogen-bond acceptors (Lipinski definition) is 6. The second-order valence-corrected chi connectivity index (χ2v) is 6.36. The van der Waals surface area contributed by atoms with Crippen molar-refractivity contribution in [3.05, 3.63) is 63.3 Å². The van der Waals surface area contributed by atoms with Gasteiger partial charge in [0.05, 0.1) is 17.9 Å². The van der Waals surface area contributed by atoms with Gasteiger partial charge in [-0.15, -0.1) is 0 Å². The van der Waals surface area contributed by atoms with Crippen LogP contribution in [0.25, 0.3) is 0 Å². The number of esters is 2. The smallest absolute Gasteiger partial charge is 0.343 e. The van der Waals surface area contributed by atoms with Crippen LogP contribution in [-0.2, 0) is 16.0 Å². The van der Waals surface area contributed by atoms with Crippen LogP contribution in [0.15, 0.2) is 35.3 Å². The highest BCUT2D eigenvalue weighted by Crippen LogP contribution is 2.44. The van der Waals surface area contributed by atoms with Crippen molar-refractivity contribution in [3.8, 4) is 0 Å². The van der Waals surface area contributed by atoms with Gasteiger partial charge in [0, 0.05) is 24.4 Å². The Morgan fingerprint density at radius 2 is 2.23 bits per heavy atom.